The van der Waals surface area contributed by atoms with Gasteiger partial charge in [0.05, 0.1) is 10.9 Å². The molecule has 0 spiro atoms. The van der Waals surface area contributed by atoms with Crippen LogP contribution in [0.3, 0.4) is 0 Å². The molecule has 2 aromatic heterocycles. The fourth-order valence-corrected chi connectivity index (χ4v) is 2.89. The van der Waals surface area contributed by atoms with Gasteiger partial charge in [0.15, 0.2) is 5.78 Å². The largest absolute Gasteiger partial charge is 0.345 e. The van der Waals surface area contributed by atoms with Crippen molar-refractivity contribution in [3.63, 3.8) is 0 Å². The van der Waals surface area contributed by atoms with Crippen LogP contribution in [0.5, 0.6) is 0 Å². The molecule has 0 saturated carbocycles. The molecule has 4 rings (SSSR count). The molecule has 6 heteroatoms. The van der Waals surface area contributed by atoms with Crippen LogP contribution in [0.2, 0.25) is 0 Å². The molecule has 0 aliphatic carbocycles. The Labute approximate surface area is 150 Å². The summed E-state index contributed by atoms with van der Waals surface area (Å²) in [7, 11) is 0. The number of aromatic amines is 1. The molecule has 0 bridgehead atoms. The molecular weight excluding hydrogens is 326 g/mol. The number of rotatable bonds is 5. The number of fused-ring (bicyclic) bond motifs is 1. The van der Waals surface area contributed by atoms with Gasteiger partial charge in [0.1, 0.15) is 17.8 Å². The SMILES string of the molecule is NCc1cccc(Nc2ncnc3[nH]cc(C(=O)c4ccccc4)c23)c1. The first-order valence-electron chi connectivity index (χ1n) is 8.24. The molecule has 0 aliphatic heterocycles. The Morgan fingerprint density at radius 3 is 2.73 bits per heavy atom. The minimum absolute atomic E-state index is 0.0783. The minimum atomic E-state index is -0.0783. The lowest BCUT2D eigenvalue weighted by Gasteiger charge is -2.09. The van der Waals surface area contributed by atoms with Gasteiger partial charge in [0.2, 0.25) is 0 Å². The standard InChI is InChI=1S/C20H17N5O/c21-10-13-5-4-8-15(9-13)25-20-17-16(11-22-19(17)23-12-24-20)18(26)14-6-2-1-3-7-14/h1-9,11-12H,10,21H2,(H2,22,23,24,25). The van der Waals surface area contributed by atoms with Crippen molar-refractivity contribution in [1.82, 2.24) is 15.0 Å². The number of carbonyl (C=O) groups is 1. The van der Waals surface area contributed by atoms with Crippen molar-refractivity contribution in [3.05, 3.63) is 83.8 Å². The molecule has 4 aromatic rings. The Balaban J connectivity index is 1.78. The van der Waals surface area contributed by atoms with Crippen LogP contribution in [-0.4, -0.2) is 20.7 Å². The van der Waals surface area contributed by atoms with Gasteiger partial charge in [0, 0.05) is 24.0 Å². The number of nitrogens with one attached hydrogen (secondary N) is 2. The van der Waals surface area contributed by atoms with Crippen LogP contribution in [-0.2, 0) is 6.54 Å². The summed E-state index contributed by atoms with van der Waals surface area (Å²) in [6.45, 7) is 0.455. The number of hydrogen-bond acceptors (Lipinski definition) is 5. The molecule has 0 unspecified atom stereocenters. The summed E-state index contributed by atoms with van der Waals surface area (Å²) in [6.07, 6.45) is 3.14. The van der Waals surface area contributed by atoms with E-state index in [0.717, 1.165) is 11.3 Å². The van der Waals surface area contributed by atoms with Gasteiger partial charge >= 0.3 is 0 Å². The highest BCUT2D eigenvalue weighted by Crippen LogP contribution is 2.28. The van der Waals surface area contributed by atoms with Crippen molar-refractivity contribution in [2.24, 2.45) is 5.73 Å². The van der Waals surface area contributed by atoms with E-state index < -0.39 is 0 Å². The van der Waals surface area contributed by atoms with E-state index in [0.29, 0.717) is 34.5 Å². The summed E-state index contributed by atoms with van der Waals surface area (Å²) in [5.74, 6) is 0.495. The van der Waals surface area contributed by atoms with E-state index in [4.69, 9.17) is 5.73 Å². The van der Waals surface area contributed by atoms with Gasteiger partial charge in [-0.2, -0.15) is 0 Å². The molecule has 2 heterocycles. The third kappa shape index (κ3) is 2.94. The zero-order chi connectivity index (χ0) is 17.9. The predicted octanol–water partition coefficient (Wildman–Crippen LogP) is 3.39. The van der Waals surface area contributed by atoms with Gasteiger partial charge in [-0.15, -0.1) is 0 Å². The summed E-state index contributed by atoms with van der Waals surface area (Å²) in [4.78, 5) is 24.5. The number of ketones is 1. The van der Waals surface area contributed by atoms with E-state index in [1.54, 1.807) is 18.3 Å². The summed E-state index contributed by atoms with van der Waals surface area (Å²) in [5, 5.41) is 3.94. The maximum Gasteiger partial charge on any atom is 0.195 e. The lowest BCUT2D eigenvalue weighted by molar-refractivity contribution is 0.104. The molecular formula is C20H17N5O. The van der Waals surface area contributed by atoms with Crippen molar-refractivity contribution < 1.29 is 4.79 Å². The second-order valence-electron chi connectivity index (χ2n) is 5.87. The van der Waals surface area contributed by atoms with Crippen molar-refractivity contribution >= 4 is 28.3 Å². The Bertz CT molecular complexity index is 1070. The third-order valence-electron chi connectivity index (χ3n) is 4.18. The van der Waals surface area contributed by atoms with E-state index >= 15 is 0 Å². The summed E-state index contributed by atoms with van der Waals surface area (Å²) in [5.41, 5.74) is 9.33. The van der Waals surface area contributed by atoms with Crippen LogP contribution < -0.4 is 11.1 Å². The molecule has 26 heavy (non-hydrogen) atoms. The van der Waals surface area contributed by atoms with Crippen LogP contribution in [0.1, 0.15) is 21.5 Å². The van der Waals surface area contributed by atoms with E-state index in [9.17, 15) is 4.79 Å². The molecule has 4 N–H and O–H groups in total. The number of hydrogen-bond donors (Lipinski definition) is 3. The molecule has 2 aromatic carbocycles. The van der Waals surface area contributed by atoms with Gasteiger partial charge in [-0.3, -0.25) is 4.79 Å². The summed E-state index contributed by atoms with van der Waals surface area (Å²) in [6, 6.07) is 16.9. The topological polar surface area (TPSA) is 96.7 Å². The van der Waals surface area contributed by atoms with Crippen molar-refractivity contribution in [2.45, 2.75) is 6.54 Å². The first-order chi connectivity index (χ1) is 12.8. The van der Waals surface area contributed by atoms with Gasteiger partial charge < -0.3 is 16.0 Å². The van der Waals surface area contributed by atoms with Gasteiger partial charge in [0.25, 0.3) is 0 Å². The lowest BCUT2D eigenvalue weighted by atomic mass is 10.0. The predicted molar refractivity (Wildman–Crippen MR) is 101 cm³/mol. The first-order valence-corrected chi connectivity index (χ1v) is 8.24. The summed E-state index contributed by atoms with van der Waals surface area (Å²) < 4.78 is 0. The highest BCUT2D eigenvalue weighted by molar-refractivity contribution is 6.18. The van der Waals surface area contributed by atoms with Crippen LogP contribution in [0, 0.1) is 0 Å². The number of carbonyl (C=O) groups excluding carboxylic acids is 1. The second-order valence-corrected chi connectivity index (χ2v) is 5.87. The van der Waals surface area contributed by atoms with Crippen molar-refractivity contribution in [3.8, 4) is 0 Å². The summed E-state index contributed by atoms with van der Waals surface area (Å²) >= 11 is 0. The normalized spacial score (nSPS) is 10.8. The minimum Gasteiger partial charge on any atom is -0.345 e. The maximum absolute atomic E-state index is 12.9. The van der Waals surface area contributed by atoms with Crippen LogP contribution in [0.25, 0.3) is 11.0 Å². The van der Waals surface area contributed by atoms with E-state index in [1.807, 2.05) is 42.5 Å². The zero-order valence-electron chi connectivity index (χ0n) is 13.9. The number of aromatic nitrogens is 3. The fourth-order valence-electron chi connectivity index (χ4n) is 2.89. The highest BCUT2D eigenvalue weighted by atomic mass is 16.1. The number of nitrogens with two attached hydrogens (primary N) is 1. The number of nitrogens with zero attached hydrogens (tertiary/aromatic N) is 2. The number of anilines is 2. The second kappa shape index (κ2) is 6.78. The molecule has 0 fully saturated rings. The van der Waals surface area contributed by atoms with Crippen molar-refractivity contribution in [2.75, 3.05) is 5.32 Å². The van der Waals surface area contributed by atoms with Crippen molar-refractivity contribution in [1.29, 1.82) is 0 Å². The first kappa shape index (κ1) is 16.0. The average Bonchev–Trinajstić information content (AvgIpc) is 3.13. The van der Waals surface area contributed by atoms with E-state index in [-0.39, 0.29) is 5.78 Å². The Kier molecular flexibility index (Phi) is 4.17. The quantitative estimate of drug-likeness (QED) is 0.483. The average molecular weight is 343 g/mol. The van der Waals surface area contributed by atoms with E-state index in [2.05, 4.69) is 20.3 Å². The van der Waals surface area contributed by atoms with Gasteiger partial charge in [-0.05, 0) is 17.7 Å². The zero-order valence-corrected chi connectivity index (χ0v) is 13.9. The maximum atomic E-state index is 12.9. The number of H-pyrrole nitrogens is 1. The Morgan fingerprint density at radius 2 is 1.92 bits per heavy atom. The van der Waals surface area contributed by atoms with Crippen LogP contribution in [0.15, 0.2) is 67.1 Å². The molecule has 0 saturated heterocycles. The molecule has 0 radical (unpaired) electrons. The smallest absolute Gasteiger partial charge is 0.195 e. The van der Waals surface area contributed by atoms with Crippen LogP contribution in [0.4, 0.5) is 11.5 Å². The molecule has 0 atom stereocenters. The molecule has 0 aliphatic rings. The Morgan fingerprint density at radius 1 is 1.08 bits per heavy atom. The van der Waals surface area contributed by atoms with Gasteiger partial charge in [-0.25, -0.2) is 9.97 Å². The number of benzene rings is 2. The monoisotopic (exact) mass is 343 g/mol. The fraction of sp³-hybridized carbons (Fsp3) is 0.0500. The third-order valence-corrected chi connectivity index (χ3v) is 4.18. The molecule has 6 nitrogen and oxygen atoms in total. The molecule has 0 amide bonds. The lowest BCUT2D eigenvalue weighted by Crippen LogP contribution is -2.03. The highest BCUT2D eigenvalue weighted by Gasteiger charge is 2.18. The van der Waals surface area contributed by atoms with Crippen LogP contribution >= 0.6 is 0 Å². The van der Waals surface area contributed by atoms with E-state index in [1.165, 1.54) is 6.33 Å². The van der Waals surface area contributed by atoms with Gasteiger partial charge in [-0.1, -0.05) is 42.5 Å². The Hall–Kier alpha value is -3.51. The molecule has 128 valence electrons.